The molecule has 0 aromatic heterocycles. The third kappa shape index (κ3) is 8.15. The molecule has 1 spiro atoms. The second-order valence-corrected chi connectivity index (χ2v) is 13.3. The first-order valence-corrected chi connectivity index (χ1v) is 15.3. The molecule has 2 amide bonds. The van der Waals surface area contributed by atoms with E-state index in [-0.39, 0.29) is 17.8 Å². The van der Waals surface area contributed by atoms with E-state index in [1.54, 1.807) is 26.8 Å². The largest absolute Gasteiger partial charge is 0.445 e. The molecule has 0 atom stereocenters. The van der Waals surface area contributed by atoms with Gasteiger partial charge in [-0.2, -0.15) is 0 Å². The van der Waals surface area contributed by atoms with Crippen molar-refractivity contribution in [3.63, 3.8) is 0 Å². The fourth-order valence-electron chi connectivity index (χ4n) is 6.59. The number of rotatable bonds is 7. The smallest absolute Gasteiger partial charge is 0.412 e. The van der Waals surface area contributed by atoms with Crippen molar-refractivity contribution in [2.45, 2.75) is 77.5 Å². The highest BCUT2D eigenvalue weighted by atomic mass is 19.1. The summed E-state index contributed by atoms with van der Waals surface area (Å²) >= 11 is 0. The van der Waals surface area contributed by atoms with Crippen molar-refractivity contribution < 1.29 is 23.5 Å². The van der Waals surface area contributed by atoms with Gasteiger partial charge in [-0.1, -0.05) is 30.3 Å². The maximum Gasteiger partial charge on any atom is 0.412 e. The summed E-state index contributed by atoms with van der Waals surface area (Å²) in [7, 11) is 0. The number of nitrogens with one attached hydrogen (secondary N) is 2. The summed E-state index contributed by atoms with van der Waals surface area (Å²) in [6.07, 6.45) is 5.64. The normalized spacial score (nSPS) is 19.7. The van der Waals surface area contributed by atoms with E-state index in [1.807, 2.05) is 36.4 Å². The van der Waals surface area contributed by atoms with Gasteiger partial charge in [0.2, 0.25) is 0 Å². The molecular weight excluding hydrogens is 535 g/mol. The zero-order valence-corrected chi connectivity index (χ0v) is 25.2. The first-order valence-electron chi connectivity index (χ1n) is 15.3. The van der Waals surface area contributed by atoms with Crippen LogP contribution < -0.4 is 15.5 Å². The molecule has 5 rings (SSSR count). The summed E-state index contributed by atoms with van der Waals surface area (Å²) in [4.78, 5) is 29.0. The minimum atomic E-state index is -0.661. The number of alkyl carbamates (subject to hydrolysis) is 1. The van der Waals surface area contributed by atoms with Gasteiger partial charge in [-0.15, -0.1) is 0 Å². The van der Waals surface area contributed by atoms with Gasteiger partial charge in [0.1, 0.15) is 18.0 Å². The third-order valence-corrected chi connectivity index (χ3v) is 8.89. The Kier molecular flexibility index (Phi) is 9.25. The number of benzene rings is 2. The number of likely N-dealkylation sites (tertiary alicyclic amines) is 1. The molecule has 3 aliphatic rings. The molecule has 0 unspecified atom stereocenters. The van der Waals surface area contributed by atoms with Crippen molar-refractivity contribution in [1.82, 2.24) is 10.2 Å². The van der Waals surface area contributed by atoms with Crippen LogP contribution in [0.5, 0.6) is 0 Å². The Morgan fingerprint density at radius 2 is 1.67 bits per heavy atom. The van der Waals surface area contributed by atoms with Crippen LogP contribution in [0, 0.1) is 17.2 Å². The van der Waals surface area contributed by atoms with Crippen LogP contribution in [0.25, 0.3) is 0 Å². The lowest BCUT2D eigenvalue weighted by Gasteiger charge is -2.52. The van der Waals surface area contributed by atoms with Crippen LogP contribution >= 0.6 is 0 Å². The molecule has 228 valence electrons. The molecule has 2 aromatic rings. The Hall–Kier alpha value is -3.33. The van der Waals surface area contributed by atoms with Crippen LogP contribution in [0.3, 0.4) is 0 Å². The Balaban J connectivity index is 0.983. The number of carbonyl (C=O) groups excluding carboxylic acids is 2. The summed E-state index contributed by atoms with van der Waals surface area (Å²) < 4.78 is 25.3. The first kappa shape index (κ1) is 30.1. The lowest BCUT2D eigenvalue weighted by molar-refractivity contribution is 0.000388. The van der Waals surface area contributed by atoms with Gasteiger partial charge in [-0.05, 0) is 107 Å². The van der Waals surface area contributed by atoms with Crippen LogP contribution in [0.4, 0.5) is 25.4 Å². The molecule has 1 saturated carbocycles. The second kappa shape index (κ2) is 12.9. The first-order chi connectivity index (χ1) is 20.1. The fourth-order valence-corrected chi connectivity index (χ4v) is 6.59. The summed E-state index contributed by atoms with van der Waals surface area (Å²) in [6.45, 7) is 10.8. The standard InChI is InChI=1S/C33H45FN4O4/c1-32(2,3)42-31(40)36-29-10-9-27(19-28(29)34)38-15-11-24(12-16-38)22-37-17-13-33(14-18-37)20-26(21-33)35-30(39)41-23-25-7-5-4-6-8-25/h4-10,19,24,26H,11-18,20-23H2,1-3H3,(H,35,39)(H,36,40). The third-order valence-electron chi connectivity index (χ3n) is 8.89. The highest BCUT2D eigenvalue weighted by Crippen LogP contribution is 2.49. The van der Waals surface area contributed by atoms with Gasteiger partial charge in [0.05, 0.1) is 5.69 Å². The molecular formula is C33H45FN4O4. The SMILES string of the molecule is CC(C)(C)OC(=O)Nc1ccc(N2CCC(CN3CCC4(CC3)CC(NC(=O)OCc3ccccc3)C4)CC2)cc1F. The average Bonchev–Trinajstić information content (AvgIpc) is 2.93. The Labute approximate surface area is 248 Å². The molecule has 2 saturated heterocycles. The van der Waals surface area contributed by atoms with Gasteiger partial charge in [0, 0.05) is 31.4 Å². The molecule has 2 heterocycles. The number of anilines is 2. The number of piperidine rings is 2. The zero-order valence-electron chi connectivity index (χ0n) is 25.2. The van der Waals surface area contributed by atoms with Crippen LogP contribution in [0.2, 0.25) is 0 Å². The van der Waals surface area contributed by atoms with E-state index < -0.39 is 17.5 Å². The molecule has 42 heavy (non-hydrogen) atoms. The summed E-state index contributed by atoms with van der Waals surface area (Å²) in [5.74, 6) is 0.184. The van der Waals surface area contributed by atoms with Crippen LogP contribution in [0.1, 0.15) is 64.9 Å². The van der Waals surface area contributed by atoms with Crippen LogP contribution in [0.15, 0.2) is 48.5 Å². The maximum absolute atomic E-state index is 14.7. The highest BCUT2D eigenvalue weighted by Gasteiger charge is 2.46. The van der Waals surface area contributed by atoms with Crippen molar-refractivity contribution >= 4 is 23.6 Å². The minimum Gasteiger partial charge on any atom is -0.445 e. The number of nitrogens with zero attached hydrogens (tertiary/aromatic N) is 2. The molecule has 2 aliphatic heterocycles. The predicted molar refractivity (Wildman–Crippen MR) is 162 cm³/mol. The van der Waals surface area contributed by atoms with Gasteiger partial charge in [-0.3, -0.25) is 5.32 Å². The maximum atomic E-state index is 14.7. The number of hydrogen-bond acceptors (Lipinski definition) is 6. The molecule has 9 heteroatoms. The quantitative estimate of drug-likeness (QED) is 0.386. The van der Waals surface area contributed by atoms with E-state index in [1.165, 1.54) is 18.9 Å². The number of carbonyl (C=O) groups is 2. The fraction of sp³-hybridized carbons (Fsp3) is 0.576. The summed E-state index contributed by atoms with van der Waals surface area (Å²) in [6, 6.07) is 14.9. The predicted octanol–water partition coefficient (Wildman–Crippen LogP) is 6.56. The van der Waals surface area contributed by atoms with Crippen molar-refractivity contribution in [2.24, 2.45) is 11.3 Å². The minimum absolute atomic E-state index is 0.127. The topological polar surface area (TPSA) is 83.1 Å². The second-order valence-electron chi connectivity index (χ2n) is 13.3. The Morgan fingerprint density at radius 3 is 2.31 bits per heavy atom. The average molecular weight is 581 g/mol. The lowest BCUT2D eigenvalue weighted by Crippen LogP contribution is -2.55. The molecule has 2 N–H and O–H groups in total. The van der Waals surface area contributed by atoms with E-state index in [4.69, 9.17) is 9.47 Å². The van der Waals surface area contributed by atoms with Gasteiger partial charge in [-0.25, -0.2) is 14.0 Å². The summed E-state index contributed by atoms with van der Waals surface area (Å²) in [5, 5.41) is 5.55. The Bertz CT molecular complexity index is 1210. The number of halogens is 1. The van der Waals surface area contributed by atoms with Crippen molar-refractivity contribution in [3.8, 4) is 0 Å². The zero-order chi connectivity index (χ0) is 29.7. The molecule has 8 nitrogen and oxygen atoms in total. The Morgan fingerprint density at radius 1 is 0.976 bits per heavy atom. The molecule has 1 aliphatic carbocycles. The molecule has 0 radical (unpaired) electrons. The van der Waals surface area contributed by atoms with E-state index in [0.29, 0.717) is 17.9 Å². The van der Waals surface area contributed by atoms with E-state index in [0.717, 1.165) is 69.7 Å². The lowest BCUT2D eigenvalue weighted by atomic mass is 9.60. The molecule has 0 bridgehead atoms. The van der Waals surface area contributed by atoms with Crippen molar-refractivity contribution in [3.05, 3.63) is 59.9 Å². The monoisotopic (exact) mass is 580 g/mol. The van der Waals surface area contributed by atoms with Crippen molar-refractivity contribution in [2.75, 3.05) is 42.9 Å². The summed E-state index contributed by atoms with van der Waals surface area (Å²) in [5.41, 5.74) is 1.69. The van der Waals surface area contributed by atoms with E-state index in [9.17, 15) is 14.0 Å². The van der Waals surface area contributed by atoms with Gasteiger partial charge in [0.25, 0.3) is 0 Å². The van der Waals surface area contributed by atoms with Gasteiger partial charge in [0.15, 0.2) is 0 Å². The number of ether oxygens (including phenoxy) is 2. The van der Waals surface area contributed by atoms with Gasteiger partial charge >= 0.3 is 12.2 Å². The molecule has 2 aromatic carbocycles. The van der Waals surface area contributed by atoms with E-state index >= 15 is 0 Å². The number of hydrogen-bond donors (Lipinski definition) is 2. The van der Waals surface area contributed by atoms with Crippen molar-refractivity contribution in [1.29, 1.82) is 0 Å². The molecule has 3 fully saturated rings. The van der Waals surface area contributed by atoms with Crippen LogP contribution in [-0.4, -0.2) is 61.5 Å². The number of amides is 2. The highest BCUT2D eigenvalue weighted by molar-refractivity contribution is 5.85. The van der Waals surface area contributed by atoms with Gasteiger partial charge < -0.3 is 24.6 Å². The van der Waals surface area contributed by atoms with Crippen LogP contribution in [-0.2, 0) is 16.1 Å². The van der Waals surface area contributed by atoms with E-state index in [2.05, 4.69) is 20.4 Å².